The van der Waals surface area contributed by atoms with Gasteiger partial charge in [0.25, 0.3) is 5.91 Å². The van der Waals surface area contributed by atoms with Crippen LogP contribution in [-0.4, -0.2) is 55.8 Å². The topological polar surface area (TPSA) is 102 Å². The van der Waals surface area contributed by atoms with E-state index < -0.39 is 39.0 Å². The van der Waals surface area contributed by atoms with Crippen LogP contribution < -0.4 is 25.0 Å². The zero-order valence-electron chi connectivity index (χ0n) is 22.1. The Labute approximate surface area is 237 Å². The Balaban J connectivity index is 1.57. The molecule has 42 heavy (non-hydrogen) atoms. The largest absolute Gasteiger partial charge is 0.486 e. The minimum Gasteiger partial charge on any atom is -0.486 e. The SMILES string of the molecule is CO[C@H]1CN[C@@H](C(=O)N(c2ccc(S(F)(F)(F)(F)F)cc2)C(C(=O)Nc2ccc3c(c2)OCCO3)c2cccnc2)C1. The van der Waals surface area contributed by atoms with E-state index in [0.29, 0.717) is 36.9 Å². The standard InChI is InChI=1S/C27H27F5N4O5S/c1-39-20-14-22(34-16-20)27(38)36(19-5-7-21(8-6-19)42(28,29,30,31)32)25(17-3-2-10-33-15-17)26(37)35-18-4-9-23-24(13-18)41-12-11-40-23/h2-10,13,15,20,22,25,34H,11-12,14,16H2,1H3,(H,35,37)/t20-,22-,25?/m1/s1. The number of halogens is 5. The lowest BCUT2D eigenvalue weighted by Crippen LogP contribution is -2.48. The van der Waals surface area contributed by atoms with Crippen molar-refractivity contribution in [2.45, 2.75) is 29.5 Å². The minimum absolute atomic E-state index is 0.205. The molecule has 3 aromatic rings. The number of fused-ring (bicyclic) bond motifs is 1. The van der Waals surface area contributed by atoms with E-state index in [1.54, 1.807) is 12.1 Å². The molecule has 1 saturated heterocycles. The number of carbonyl (C=O) groups is 2. The highest BCUT2D eigenvalue weighted by Gasteiger charge is 2.65. The molecular weight excluding hydrogens is 587 g/mol. The van der Waals surface area contributed by atoms with E-state index >= 15 is 0 Å². The highest BCUT2D eigenvalue weighted by Crippen LogP contribution is 3.02. The summed E-state index contributed by atoms with van der Waals surface area (Å²) in [6, 6.07) is 7.28. The number of hydrogen-bond donors (Lipinski definition) is 2. The zero-order chi connectivity index (χ0) is 30.2. The summed E-state index contributed by atoms with van der Waals surface area (Å²) in [7, 11) is -8.53. The van der Waals surface area contributed by atoms with Gasteiger partial charge in [0.2, 0.25) is 5.91 Å². The van der Waals surface area contributed by atoms with Crippen LogP contribution in [0.1, 0.15) is 18.0 Å². The van der Waals surface area contributed by atoms with Crippen LogP contribution in [-0.2, 0) is 14.3 Å². The normalized spacial score (nSPS) is 20.6. The van der Waals surface area contributed by atoms with Crippen molar-refractivity contribution >= 4 is 33.4 Å². The van der Waals surface area contributed by atoms with Crippen LogP contribution in [0.3, 0.4) is 0 Å². The van der Waals surface area contributed by atoms with E-state index in [0.717, 1.165) is 17.0 Å². The quantitative estimate of drug-likeness (QED) is 0.319. The first-order valence-corrected chi connectivity index (χ1v) is 14.7. The third-order valence-electron chi connectivity index (χ3n) is 6.84. The fourth-order valence-corrected chi connectivity index (χ4v) is 5.44. The van der Waals surface area contributed by atoms with Crippen molar-refractivity contribution in [3.8, 4) is 11.5 Å². The van der Waals surface area contributed by atoms with Gasteiger partial charge in [-0.3, -0.25) is 19.5 Å². The first-order valence-electron chi connectivity index (χ1n) is 12.8. The number of methoxy groups -OCH3 is 1. The second-order valence-electron chi connectivity index (χ2n) is 9.76. The first kappa shape index (κ1) is 29.5. The summed E-state index contributed by atoms with van der Waals surface area (Å²) in [4.78, 5) is 30.8. The van der Waals surface area contributed by atoms with E-state index in [1.807, 2.05) is 0 Å². The Bertz CT molecular complexity index is 1480. The van der Waals surface area contributed by atoms with Crippen molar-refractivity contribution in [2.24, 2.45) is 0 Å². The maximum atomic E-state index is 14.0. The number of amides is 2. The second kappa shape index (κ2) is 10.4. The van der Waals surface area contributed by atoms with Gasteiger partial charge in [0, 0.05) is 49.1 Å². The summed E-state index contributed by atoms with van der Waals surface area (Å²) in [5, 5.41) is 5.71. The number of carbonyl (C=O) groups excluding carboxylic acids is 2. The maximum absolute atomic E-state index is 14.0. The number of rotatable bonds is 8. The summed E-state index contributed by atoms with van der Waals surface area (Å²) < 4.78 is 83.8. The van der Waals surface area contributed by atoms with Crippen molar-refractivity contribution in [1.29, 1.82) is 0 Å². The van der Waals surface area contributed by atoms with Gasteiger partial charge in [-0.05, 0) is 48.9 Å². The number of hydrogen-bond acceptors (Lipinski definition) is 7. The fourth-order valence-electron chi connectivity index (χ4n) is 4.79. The number of aromatic nitrogens is 1. The number of nitrogens with one attached hydrogen (secondary N) is 2. The van der Waals surface area contributed by atoms with Gasteiger partial charge < -0.3 is 24.8 Å². The van der Waals surface area contributed by atoms with Crippen LogP contribution in [0.25, 0.3) is 0 Å². The van der Waals surface area contributed by atoms with Crippen molar-refractivity contribution in [3.05, 3.63) is 72.6 Å². The molecule has 2 aromatic carbocycles. The van der Waals surface area contributed by atoms with Crippen LogP contribution >= 0.6 is 10.2 Å². The van der Waals surface area contributed by atoms with E-state index in [4.69, 9.17) is 14.2 Å². The average molecular weight is 615 g/mol. The van der Waals surface area contributed by atoms with Crippen molar-refractivity contribution in [1.82, 2.24) is 10.3 Å². The van der Waals surface area contributed by atoms with Gasteiger partial charge in [-0.2, -0.15) is 0 Å². The van der Waals surface area contributed by atoms with Crippen LogP contribution in [0.5, 0.6) is 11.5 Å². The molecule has 2 N–H and O–H groups in total. The van der Waals surface area contributed by atoms with Crippen LogP contribution in [0, 0.1) is 0 Å². The van der Waals surface area contributed by atoms with Gasteiger partial charge in [0.1, 0.15) is 24.2 Å². The van der Waals surface area contributed by atoms with Crippen molar-refractivity contribution in [2.75, 3.05) is 37.1 Å². The number of benzene rings is 2. The average Bonchev–Trinajstić information content (AvgIpc) is 3.44. The molecule has 3 atom stereocenters. The number of nitrogens with zero attached hydrogens (tertiary/aromatic N) is 2. The van der Waals surface area contributed by atoms with E-state index in [-0.39, 0.29) is 35.9 Å². The van der Waals surface area contributed by atoms with Gasteiger partial charge in [-0.15, -0.1) is 0 Å². The lowest BCUT2D eigenvalue weighted by atomic mass is 10.0. The molecule has 1 fully saturated rings. The Morgan fingerprint density at radius 2 is 1.76 bits per heavy atom. The number of pyridine rings is 1. The second-order valence-corrected chi connectivity index (χ2v) is 12.2. The van der Waals surface area contributed by atoms with E-state index in [9.17, 15) is 29.0 Å². The zero-order valence-corrected chi connectivity index (χ0v) is 23.0. The van der Waals surface area contributed by atoms with Gasteiger partial charge in [-0.25, -0.2) is 0 Å². The molecule has 2 aliphatic rings. The predicted molar refractivity (Wildman–Crippen MR) is 146 cm³/mol. The van der Waals surface area contributed by atoms with Crippen LogP contribution in [0.15, 0.2) is 71.9 Å². The van der Waals surface area contributed by atoms with Gasteiger partial charge >= 0.3 is 10.2 Å². The first-order chi connectivity index (χ1) is 19.7. The van der Waals surface area contributed by atoms with Gasteiger partial charge in [-0.1, -0.05) is 25.5 Å². The molecule has 15 heteroatoms. The molecule has 9 nitrogen and oxygen atoms in total. The van der Waals surface area contributed by atoms with Crippen LogP contribution in [0.4, 0.5) is 30.8 Å². The molecule has 2 amide bonds. The summed E-state index contributed by atoms with van der Waals surface area (Å²) in [6.07, 6.45) is 2.65. The Morgan fingerprint density at radius 1 is 1.05 bits per heavy atom. The van der Waals surface area contributed by atoms with Crippen LogP contribution in [0.2, 0.25) is 0 Å². The fraction of sp³-hybridized carbons (Fsp3) is 0.296. The van der Waals surface area contributed by atoms with Gasteiger partial charge in [0.15, 0.2) is 11.5 Å². The Morgan fingerprint density at radius 3 is 2.38 bits per heavy atom. The molecule has 2 aliphatic heterocycles. The molecule has 1 unspecified atom stereocenters. The molecule has 0 radical (unpaired) electrons. The molecule has 0 aliphatic carbocycles. The monoisotopic (exact) mass is 614 g/mol. The molecule has 0 bridgehead atoms. The summed E-state index contributed by atoms with van der Waals surface area (Å²) >= 11 is 0. The Kier molecular flexibility index (Phi) is 7.31. The van der Waals surface area contributed by atoms with Crippen molar-refractivity contribution in [3.63, 3.8) is 0 Å². The van der Waals surface area contributed by atoms with Gasteiger partial charge in [0.05, 0.1) is 12.1 Å². The molecule has 0 spiro atoms. The maximum Gasteiger partial charge on any atom is 0.310 e. The number of anilines is 2. The lowest BCUT2D eigenvalue weighted by molar-refractivity contribution is -0.125. The smallest absolute Gasteiger partial charge is 0.310 e. The molecular formula is C27H27F5N4O5S. The highest BCUT2D eigenvalue weighted by atomic mass is 32.5. The Hall–Kier alpha value is -3.95. The highest BCUT2D eigenvalue weighted by molar-refractivity contribution is 8.45. The molecule has 1 aromatic heterocycles. The summed E-state index contributed by atoms with van der Waals surface area (Å²) in [5.41, 5.74) is 0.304. The molecule has 3 heterocycles. The van der Waals surface area contributed by atoms with E-state index in [2.05, 4.69) is 15.6 Å². The predicted octanol–water partition coefficient (Wildman–Crippen LogP) is 5.60. The lowest BCUT2D eigenvalue weighted by Gasteiger charge is -2.41. The summed E-state index contributed by atoms with van der Waals surface area (Å²) in [6.45, 7) is 0.973. The molecule has 0 saturated carbocycles. The third kappa shape index (κ3) is 6.42. The molecule has 5 rings (SSSR count). The molecule has 226 valence electrons. The van der Waals surface area contributed by atoms with E-state index in [1.165, 1.54) is 37.7 Å². The minimum atomic E-state index is -10.00. The summed E-state index contributed by atoms with van der Waals surface area (Å²) in [5.74, 6) is -0.562. The third-order valence-corrected chi connectivity index (χ3v) is 8.00. The number of ether oxygens (including phenoxy) is 3. The van der Waals surface area contributed by atoms with Crippen molar-refractivity contribution < 1.29 is 43.2 Å².